The van der Waals surface area contributed by atoms with Crippen molar-refractivity contribution in [2.75, 3.05) is 5.32 Å². The van der Waals surface area contributed by atoms with Gasteiger partial charge in [-0.15, -0.1) is 11.3 Å². The summed E-state index contributed by atoms with van der Waals surface area (Å²) in [6.45, 7) is 3.74. The molecule has 2 rings (SSSR count). The second kappa shape index (κ2) is 4.36. The predicted octanol–water partition coefficient (Wildman–Crippen LogP) is 1.80. The third-order valence-corrected chi connectivity index (χ3v) is 2.80. The Morgan fingerprint density at radius 1 is 1.31 bits per heavy atom. The Hall–Kier alpha value is -1.82. The third kappa shape index (κ3) is 2.22. The topological polar surface area (TPSA) is 67.8 Å². The minimum atomic E-state index is -0.270. The fraction of sp³-hybridized carbons (Fsp3) is 0.200. The van der Waals surface area contributed by atoms with Crippen molar-refractivity contribution >= 4 is 23.2 Å². The number of hydrogen-bond donors (Lipinski definition) is 1. The highest BCUT2D eigenvalue weighted by molar-refractivity contribution is 7.11. The molecule has 0 aromatic carbocycles. The maximum atomic E-state index is 11.8. The van der Waals surface area contributed by atoms with E-state index in [0.29, 0.717) is 5.69 Å². The van der Waals surface area contributed by atoms with E-state index in [4.69, 9.17) is 0 Å². The highest BCUT2D eigenvalue weighted by Crippen LogP contribution is 2.16. The van der Waals surface area contributed by atoms with E-state index in [-0.39, 0.29) is 11.9 Å². The van der Waals surface area contributed by atoms with Gasteiger partial charge in [-0.1, -0.05) is 0 Å². The minimum Gasteiger partial charge on any atom is -0.289 e. The summed E-state index contributed by atoms with van der Waals surface area (Å²) in [6.07, 6.45) is 3.14. The molecule has 2 aromatic rings. The Morgan fingerprint density at radius 3 is 2.56 bits per heavy atom. The Morgan fingerprint density at radius 2 is 2.00 bits per heavy atom. The molecule has 0 saturated carbocycles. The van der Waals surface area contributed by atoms with Gasteiger partial charge in [0.1, 0.15) is 5.69 Å². The van der Waals surface area contributed by atoms with Crippen LogP contribution in [-0.2, 0) is 0 Å². The first-order valence-corrected chi connectivity index (χ1v) is 5.51. The summed E-state index contributed by atoms with van der Waals surface area (Å²) < 4.78 is 0. The smallest absolute Gasteiger partial charge is 0.277 e. The van der Waals surface area contributed by atoms with Crippen molar-refractivity contribution in [1.29, 1.82) is 0 Å². The molecule has 0 saturated heterocycles. The lowest BCUT2D eigenvalue weighted by molar-refractivity contribution is 0.102. The number of thiazole rings is 1. The summed E-state index contributed by atoms with van der Waals surface area (Å²) in [5.41, 5.74) is 0.440. The van der Waals surface area contributed by atoms with E-state index in [2.05, 4.69) is 20.3 Å². The Bertz CT molecular complexity index is 509. The molecule has 0 aliphatic carbocycles. The van der Waals surface area contributed by atoms with Gasteiger partial charge in [0.05, 0.1) is 5.01 Å². The summed E-state index contributed by atoms with van der Waals surface area (Å²) in [5.74, 6) is 0.0191. The molecule has 0 bridgehead atoms. The molecule has 0 fully saturated rings. The number of carbonyl (C=O) groups excluding carboxylic acids is 1. The number of aromatic nitrogens is 3. The van der Waals surface area contributed by atoms with Gasteiger partial charge in [0.25, 0.3) is 5.91 Å². The summed E-state index contributed by atoms with van der Waals surface area (Å²) in [5, 5.41) is 3.47. The molecular formula is C10H10N4OS. The fourth-order valence-corrected chi connectivity index (χ4v) is 2.08. The first-order chi connectivity index (χ1) is 7.66. The van der Waals surface area contributed by atoms with Crippen LogP contribution in [-0.4, -0.2) is 20.9 Å². The maximum Gasteiger partial charge on any atom is 0.277 e. The predicted molar refractivity (Wildman–Crippen MR) is 61.6 cm³/mol. The zero-order valence-corrected chi connectivity index (χ0v) is 9.71. The lowest BCUT2D eigenvalue weighted by Gasteiger charge is -2.00. The molecule has 16 heavy (non-hydrogen) atoms. The number of nitrogens with zero attached hydrogens (tertiary/aromatic N) is 3. The highest BCUT2D eigenvalue weighted by atomic mass is 32.1. The van der Waals surface area contributed by atoms with Gasteiger partial charge < -0.3 is 0 Å². The molecule has 2 heterocycles. The lowest BCUT2D eigenvalue weighted by atomic mass is 10.3. The number of anilines is 1. The van der Waals surface area contributed by atoms with Gasteiger partial charge in [-0.25, -0.2) is 15.0 Å². The monoisotopic (exact) mass is 234 g/mol. The number of nitrogens with one attached hydrogen (secondary N) is 1. The Labute approximate surface area is 96.6 Å². The number of amides is 1. The van der Waals surface area contributed by atoms with Crippen molar-refractivity contribution in [1.82, 2.24) is 15.0 Å². The molecule has 0 aliphatic heterocycles. The number of carbonyl (C=O) groups is 1. The van der Waals surface area contributed by atoms with E-state index in [9.17, 15) is 4.79 Å². The molecule has 1 N–H and O–H groups in total. The first kappa shape index (κ1) is 10.7. The van der Waals surface area contributed by atoms with Gasteiger partial charge in [0, 0.05) is 17.3 Å². The molecular weight excluding hydrogens is 224 g/mol. The number of hydrogen-bond acceptors (Lipinski definition) is 5. The molecule has 5 nitrogen and oxygen atoms in total. The van der Waals surface area contributed by atoms with Crippen LogP contribution in [0.15, 0.2) is 18.5 Å². The second-order valence-electron chi connectivity index (χ2n) is 3.16. The van der Waals surface area contributed by atoms with E-state index >= 15 is 0 Å². The molecule has 1 amide bonds. The average Bonchev–Trinajstić information content (AvgIpc) is 2.59. The van der Waals surface area contributed by atoms with Gasteiger partial charge in [0.2, 0.25) is 5.95 Å². The second-order valence-corrected chi connectivity index (χ2v) is 4.57. The van der Waals surface area contributed by atoms with Crippen LogP contribution in [0.5, 0.6) is 0 Å². The van der Waals surface area contributed by atoms with Crippen molar-refractivity contribution in [2.45, 2.75) is 13.8 Å². The van der Waals surface area contributed by atoms with Crippen LogP contribution < -0.4 is 5.32 Å². The molecule has 0 atom stereocenters. The average molecular weight is 234 g/mol. The van der Waals surface area contributed by atoms with E-state index in [1.165, 1.54) is 11.3 Å². The van der Waals surface area contributed by atoms with Gasteiger partial charge in [0.15, 0.2) is 0 Å². The van der Waals surface area contributed by atoms with Crippen LogP contribution >= 0.6 is 11.3 Å². The first-order valence-electron chi connectivity index (χ1n) is 4.69. The van der Waals surface area contributed by atoms with E-state index < -0.39 is 0 Å². The summed E-state index contributed by atoms with van der Waals surface area (Å²) in [4.78, 5) is 24.7. The summed E-state index contributed by atoms with van der Waals surface area (Å²) in [6, 6.07) is 1.69. The zero-order chi connectivity index (χ0) is 11.5. The van der Waals surface area contributed by atoms with E-state index in [1.54, 1.807) is 18.5 Å². The van der Waals surface area contributed by atoms with Crippen molar-refractivity contribution in [3.63, 3.8) is 0 Å². The van der Waals surface area contributed by atoms with Gasteiger partial charge in [-0.05, 0) is 19.9 Å². The van der Waals surface area contributed by atoms with Crippen molar-refractivity contribution in [3.8, 4) is 0 Å². The Kier molecular flexibility index (Phi) is 2.91. The maximum absolute atomic E-state index is 11.8. The number of aryl methyl sites for hydroxylation is 2. The van der Waals surface area contributed by atoms with Gasteiger partial charge in [-0.3, -0.25) is 10.1 Å². The third-order valence-electron chi connectivity index (χ3n) is 1.91. The van der Waals surface area contributed by atoms with Crippen LogP contribution in [0.25, 0.3) is 0 Å². The molecule has 0 unspecified atom stereocenters. The van der Waals surface area contributed by atoms with Crippen LogP contribution in [0.2, 0.25) is 0 Å². The number of rotatable bonds is 2. The molecule has 82 valence electrons. The minimum absolute atomic E-state index is 0.270. The quantitative estimate of drug-likeness (QED) is 0.860. The summed E-state index contributed by atoms with van der Waals surface area (Å²) >= 11 is 1.50. The zero-order valence-electron chi connectivity index (χ0n) is 8.89. The van der Waals surface area contributed by atoms with Crippen LogP contribution in [0.3, 0.4) is 0 Å². The van der Waals surface area contributed by atoms with E-state index in [1.807, 2.05) is 13.8 Å². The highest BCUT2D eigenvalue weighted by Gasteiger charge is 2.14. The standard InChI is InChI=1S/C10H10N4OS/c1-6-8(13-7(2)16-6)9(15)14-10-11-4-3-5-12-10/h3-5H,1-2H3,(H,11,12,14,15). The molecule has 6 heteroatoms. The molecule has 0 spiro atoms. The van der Waals surface area contributed by atoms with Crippen LogP contribution in [0.1, 0.15) is 20.4 Å². The summed E-state index contributed by atoms with van der Waals surface area (Å²) in [7, 11) is 0. The SMILES string of the molecule is Cc1nc(C(=O)Nc2ncccn2)c(C)s1. The van der Waals surface area contributed by atoms with Gasteiger partial charge >= 0.3 is 0 Å². The molecule has 0 aliphatic rings. The van der Waals surface area contributed by atoms with Crippen molar-refractivity contribution in [2.24, 2.45) is 0 Å². The molecule has 2 aromatic heterocycles. The fourth-order valence-electron chi connectivity index (χ4n) is 1.26. The van der Waals surface area contributed by atoms with Crippen molar-refractivity contribution < 1.29 is 4.79 Å². The normalized spacial score (nSPS) is 10.1. The lowest BCUT2D eigenvalue weighted by Crippen LogP contribution is -2.15. The van der Waals surface area contributed by atoms with E-state index in [0.717, 1.165) is 9.88 Å². The van der Waals surface area contributed by atoms with Crippen LogP contribution in [0.4, 0.5) is 5.95 Å². The largest absolute Gasteiger partial charge is 0.289 e. The van der Waals surface area contributed by atoms with Crippen LogP contribution in [0, 0.1) is 13.8 Å². The van der Waals surface area contributed by atoms with Gasteiger partial charge in [-0.2, -0.15) is 0 Å². The Balaban J connectivity index is 2.18. The van der Waals surface area contributed by atoms with Crippen molar-refractivity contribution in [3.05, 3.63) is 34.0 Å². The molecule has 0 radical (unpaired) electrons.